The molecule has 0 aliphatic heterocycles. The summed E-state index contributed by atoms with van der Waals surface area (Å²) in [7, 11) is 1.32. The zero-order valence-electron chi connectivity index (χ0n) is 7.64. The van der Waals surface area contributed by atoms with Gasteiger partial charge in [0.2, 0.25) is 5.82 Å². The fourth-order valence-corrected chi connectivity index (χ4v) is 2.02. The summed E-state index contributed by atoms with van der Waals surface area (Å²) < 4.78 is 22.1. The number of benzene rings is 1. The molecule has 1 aromatic heterocycles. The molecule has 2 N–H and O–H groups in total. The van der Waals surface area contributed by atoms with Gasteiger partial charge in [-0.25, -0.2) is 18.2 Å². The number of aromatic nitrogens is 2. The van der Waals surface area contributed by atoms with Crippen molar-refractivity contribution in [2.24, 2.45) is 0 Å². The monoisotopic (exact) mass is 260 g/mol. The lowest BCUT2D eigenvalue weighted by Crippen LogP contribution is -1.97. The Balaban J connectivity index is 2.67. The normalized spacial score (nSPS) is 11.8. The Morgan fingerprint density at radius 2 is 2.12 bits per heavy atom. The summed E-state index contributed by atoms with van der Waals surface area (Å²) in [5, 5.41) is 8.68. The summed E-state index contributed by atoms with van der Waals surface area (Å²) >= 11 is 0. The van der Waals surface area contributed by atoms with E-state index >= 15 is 0 Å². The fraction of sp³-hybridized carbons (Fsp3) is 0. The van der Waals surface area contributed by atoms with E-state index in [1.54, 1.807) is 0 Å². The van der Waals surface area contributed by atoms with E-state index < -0.39 is 15.0 Å². The van der Waals surface area contributed by atoms with Crippen molar-refractivity contribution in [1.82, 2.24) is 9.97 Å². The van der Waals surface area contributed by atoms with Gasteiger partial charge in [0.1, 0.15) is 0 Å². The number of fused-ring (bicyclic) bond motifs is 1. The average Bonchev–Trinajstić information content (AvgIpc) is 2.58. The van der Waals surface area contributed by atoms with Crippen LogP contribution in [-0.2, 0) is 9.05 Å². The predicted molar refractivity (Wildman–Crippen MR) is 56.1 cm³/mol. The third kappa shape index (κ3) is 1.86. The molecule has 0 saturated carbocycles. The van der Waals surface area contributed by atoms with Crippen LogP contribution in [0.3, 0.4) is 0 Å². The van der Waals surface area contributed by atoms with Crippen molar-refractivity contribution < 1.29 is 18.3 Å². The summed E-state index contributed by atoms with van der Waals surface area (Å²) in [6.07, 6.45) is 0. The number of hydrogen-bond donors (Lipinski definition) is 2. The molecular formula is C8H5ClN2O4S. The second kappa shape index (κ2) is 3.46. The second-order valence-electron chi connectivity index (χ2n) is 3.01. The average molecular weight is 261 g/mol. The van der Waals surface area contributed by atoms with Gasteiger partial charge in [0.15, 0.2) is 0 Å². The first-order valence-corrected chi connectivity index (χ1v) is 6.36. The highest BCUT2D eigenvalue weighted by molar-refractivity contribution is 8.13. The van der Waals surface area contributed by atoms with Crippen molar-refractivity contribution in [2.45, 2.75) is 4.90 Å². The van der Waals surface area contributed by atoms with Crippen molar-refractivity contribution in [3.8, 4) is 0 Å². The van der Waals surface area contributed by atoms with E-state index in [9.17, 15) is 13.2 Å². The van der Waals surface area contributed by atoms with Crippen LogP contribution in [0.1, 0.15) is 10.6 Å². The molecule has 0 aliphatic rings. The van der Waals surface area contributed by atoms with Gasteiger partial charge in [-0.05, 0) is 18.2 Å². The maximum absolute atomic E-state index is 11.0. The molecule has 2 rings (SSSR count). The van der Waals surface area contributed by atoms with Crippen molar-refractivity contribution >= 4 is 36.7 Å². The van der Waals surface area contributed by atoms with E-state index in [1.807, 2.05) is 0 Å². The Bertz CT molecular complexity index is 676. The molecule has 0 spiro atoms. The van der Waals surface area contributed by atoms with Crippen LogP contribution in [0.5, 0.6) is 0 Å². The minimum atomic E-state index is -3.83. The Kier molecular flexibility index (Phi) is 2.36. The van der Waals surface area contributed by atoms with Gasteiger partial charge >= 0.3 is 5.97 Å². The van der Waals surface area contributed by atoms with Crippen LogP contribution in [0, 0.1) is 0 Å². The van der Waals surface area contributed by atoms with Gasteiger partial charge in [-0.2, -0.15) is 0 Å². The van der Waals surface area contributed by atoms with Gasteiger partial charge in [0.25, 0.3) is 9.05 Å². The van der Waals surface area contributed by atoms with E-state index in [4.69, 9.17) is 15.8 Å². The van der Waals surface area contributed by atoms with Crippen LogP contribution in [0.15, 0.2) is 23.1 Å². The van der Waals surface area contributed by atoms with Gasteiger partial charge < -0.3 is 10.1 Å². The molecule has 0 unspecified atom stereocenters. The molecule has 0 amide bonds. The lowest BCUT2D eigenvalue weighted by Gasteiger charge is -1.94. The number of rotatable bonds is 2. The van der Waals surface area contributed by atoms with Crippen LogP contribution in [0.2, 0.25) is 0 Å². The summed E-state index contributed by atoms with van der Waals surface area (Å²) in [5.41, 5.74) is 0.667. The number of aromatic carboxylic acids is 1. The Morgan fingerprint density at radius 1 is 1.44 bits per heavy atom. The van der Waals surface area contributed by atoms with Gasteiger partial charge in [-0.1, -0.05) is 0 Å². The third-order valence-corrected chi connectivity index (χ3v) is 3.29. The molecule has 8 heteroatoms. The van der Waals surface area contributed by atoms with Crippen molar-refractivity contribution in [1.29, 1.82) is 0 Å². The fourth-order valence-electron chi connectivity index (χ4n) is 1.24. The molecule has 0 radical (unpaired) electrons. The van der Waals surface area contributed by atoms with Crippen LogP contribution < -0.4 is 0 Å². The molecule has 6 nitrogen and oxygen atoms in total. The molecule has 16 heavy (non-hydrogen) atoms. The largest absolute Gasteiger partial charge is 0.475 e. The van der Waals surface area contributed by atoms with Gasteiger partial charge in [0, 0.05) is 10.7 Å². The topological polar surface area (TPSA) is 100 Å². The minimum absolute atomic E-state index is 0.109. The number of H-pyrrole nitrogens is 1. The summed E-state index contributed by atoms with van der Waals surface area (Å²) in [5.74, 6) is -1.47. The molecular weight excluding hydrogens is 256 g/mol. The first-order chi connectivity index (χ1) is 7.38. The lowest BCUT2D eigenvalue weighted by molar-refractivity contribution is 0.0685. The summed E-state index contributed by atoms with van der Waals surface area (Å²) in [4.78, 5) is 16.7. The van der Waals surface area contributed by atoms with E-state index in [0.29, 0.717) is 11.0 Å². The number of halogens is 1. The number of nitrogens with one attached hydrogen (secondary N) is 1. The Labute approximate surface area is 94.3 Å². The smallest absolute Gasteiger partial charge is 0.371 e. The minimum Gasteiger partial charge on any atom is -0.475 e. The van der Waals surface area contributed by atoms with Crippen molar-refractivity contribution in [3.05, 3.63) is 24.0 Å². The Hall–Kier alpha value is -1.60. The van der Waals surface area contributed by atoms with Crippen LogP contribution in [0.4, 0.5) is 0 Å². The maximum atomic E-state index is 11.0. The quantitative estimate of drug-likeness (QED) is 0.790. The summed E-state index contributed by atoms with van der Waals surface area (Å²) in [6.45, 7) is 0. The predicted octanol–water partition coefficient (Wildman–Crippen LogP) is 1.19. The lowest BCUT2D eigenvalue weighted by atomic mass is 10.3. The number of carboxylic acid groups (broad SMARTS) is 1. The number of carbonyl (C=O) groups is 1. The van der Waals surface area contributed by atoms with Crippen LogP contribution in [-0.4, -0.2) is 29.5 Å². The first kappa shape index (κ1) is 10.9. The highest BCUT2D eigenvalue weighted by Crippen LogP contribution is 2.20. The molecule has 0 atom stereocenters. The number of imidazole rings is 1. The molecule has 1 aromatic carbocycles. The maximum Gasteiger partial charge on any atom is 0.371 e. The molecule has 0 bridgehead atoms. The SMILES string of the molecule is O=C(O)c1nc2ccc(S(=O)(=O)Cl)cc2[nH]1. The van der Waals surface area contributed by atoms with Crippen LogP contribution >= 0.6 is 10.7 Å². The van der Waals surface area contributed by atoms with Gasteiger partial charge in [-0.3, -0.25) is 0 Å². The van der Waals surface area contributed by atoms with Crippen molar-refractivity contribution in [3.63, 3.8) is 0 Å². The number of nitrogens with zero attached hydrogens (tertiary/aromatic N) is 1. The Morgan fingerprint density at radius 3 is 2.69 bits per heavy atom. The van der Waals surface area contributed by atoms with Gasteiger partial charge in [0.05, 0.1) is 15.9 Å². The van der Waals surface area contributed by atoms with Gasteiger partial charge in [-0.15, -0.1) is 0 Å². The highest BCUT2D eigenvalue weighted by atomic mass is 35.7. The second-order valence-corrected chi connectivity index (χ2v) is 5.57. The zero-order chi connectivity index (χ0) is 11.9. The zero-order valence-corrected chi connectivity index (χ0v) is 9.21. The number of carboxylic acids is 1. The molecule has 0 aliphatic carbocycles. The number of aromatic amines is 1. The number of hydrogen-bond acceptors (Lipinski definition) is 4. The molecule has 0 fully saturated rings. The van der Waals surface area contributed by atoms with Crippen molar-refractivity contribution in [2.75, 3.05) is 0 Å². The molecule has 2 aromatic rings. The molecule has 0 saturated heterocycles. The highest BCUT2D eigenvalue weighted by Gasteiger charge is 2.14. The summed E-state index contributed by atoms with van der Waals surface area (Å²) in [6, 6.07) is 3.88. The molecule has 84 valence electrons. The van der Waals surface area contributed by atoms with Crippen LogP contribution in [0.25, 0.3) is 11.0 Å². The standard InChI is InChI=1S/C8H5ClN2O4S/c9-16(14,15)4-1-2-5-6(3-4)11-7(10-5)8(12)13/h1-3H,(H,10,11)(H,12,13). The van der Waals surface area contributed by atoms with E-state index in [2.05, 4.69) is 9.97 Å². The first-order valence-electron chi connectivity index (χ1n) is 4.05. The van der Waals surface area contributed by atoms with E-state index in [1.165, 1.54) is 18.2 Å². The van der Waals surface area contributed by atoms with E-state index in [0.717, 1.165) is 0 Å². The third-order valence-electron chi connectivity index (χ3n) is 1.94. The molecule has 1 heterocycles. The van der Waals surface area contributed by atoms with E-state index in [-0.39, 0.29) is 10.7 Å².